The first-order valence-corrected chi connectivity index (χ1v) is 4.56. The second kappa shape index (κ2) is 4.83. The van der Waals surface area contributed by atoms with Crippen molar-refractivity contribution in [3.8, 4) is 0 Å². The van der Waals surface area contributed by atoms with Crippen molar-refractivity contribution in [2.45, 2.75) is 13.3 Å². The molecular formula is C11H11ClO. The molecule has 0 fully saturated rings. The van der Waals surface area contributed by atoms with Gasteiger partial charge in [-0.3, -0.25) is 4.79 Å². The van der Waals surface area contributed by atoms with Crippen molar-refractivity contribution in [2.75, 3.05) is 0 Å². The molecule has 0 aliphatic carbocycles. The third-order valence-corrected chi connectivity index (χ3v) is 2.20. The van der Waals surface area contributed by atoms with Crippen molar-refractivity contribution in [1.29, 1.82) is 0 Å². The summed E-state index contributed by atoms with van der Waals surface area (Å²) in [6.07, 6.45) is 3.05. The Morgan fingerprint density at radius 3 is 2.46 bits per heavy atom. The van der Waals surface area contributed by atoms with Crippen LogP contribution in [0.1, 0.15) is 18.1 Å². The van der Waals surface area contributed by atoms with E-state index in [4.69, 9.17) is 11.6 Å². The van der Waals surface area contributed by atoms with Gasteiger partial charge in [0, 0.05) is 0 Å². The summed E-state index contributed by atoms with van der Waals surface area (Å²) in [5, 5.41) is 0.484. The molecule has 1 aromatic carbocycles. The van der Waals surface area contributed by atoms with Crippen LogP contribution in [-0.2, 0) is 11.2 Å². The normalized spacial score (nSPS) is 11.4. The quantitative estimate of drug-likeness (QED) is 0.534. The summed E-state index contributed by atoms with van der Waals surface area (Å²) in [6, 6.07) is 7.86. The zero-order valence-corrected chi connectivity index (χ0v) is 8.21. The van der Waals surface area contributed by atoms with E-state index in [1.165, 1.54) is 11.6 Å². The van der Waals surface area contributed by atoms with Crippen LogP contribution in [0.3, 0.4) is 0 Å². The van der Waals surface area contributed by atoms with Gasteiger partial charge in [-0.15, -0.1) is 0 Å². The van der Waals surface area contributed by atoms with Crippen molar-refractivity contribution in [3.63, 3.8) is 0 Å². The summed E-state index contributed by atoms with van der Waals surface area (Å²) in [5.41, 5.74) is 2.14. The Hall–Kier alpha value is -1.08. The van der Waals surface area contributed by atoms with Gasteiger partial charge < -0.3 is 0 Å². The molecule has 0 bridgehead atoms. The predicted octanol–water partition coefficient (Wildman–Crippen LogP) is 3.03. The first kappa shape index (κ1) is 10.0. The van der Waals surface area contributed by atoms with E-state index in [1.54, 1.807) is 0 Å². The summed E-state index contributed by atoms with van der Waals surface area (Å²) in [7, 11) is 0. The molecule has 1 rings (SSSR count). The maximum atomic E-state index is 10.2. The van der Waals surface area contributed by atoms with Crippen molar-refractivity contribution < 1.29 is 4.79 Å². The van der Waals surface area contributed by atoms with Gasteiger partial charge in [-0.1, -0.05) is 42.8 Å². The van der Waals surface area contributed by atoms with E-state index in [-0.39, 0.29) is 0 Å². The number of aryl methyl sites for hydroxylation is 1. The monoisotopic (exact) mass is 194 g/mol. The van der Waals surface area contributed by atoms with Gasteiger partial charge in [-0.2, -0.15) is 0 Å². The maximum absolute atomic E-state index is 10.2. The lowest BCUT2D eigenvalue weighted by Crippen LogP contribution is -1.81. The number of aldehydes is 1. The summed E-state index contributed by atoms with van der Waals surface area (Å²) in [6.45, 7) is 2.10. The lowest BCUT2D eigenvalue weighted by atomic mass is 10.1. The molecule has 0 unspecified atom stereocenters. The Bertz CT molecular complexity index is 311. The molecule has 2 heteroatoms. The average molecular weight is 195 g/mol. The number of halogens is 1. The number of hydrogen-bond acceptors (Lipinski definition) is 1. The van der Waals surface area contributed by atoms with E-state index >= 15 is 0 Å². The second-order valence-electron chi connectivity index (χ2n) is 2.70. The average Bonchev–Trinajstić information content (AvgIpc) is 2.18. The Labute approximate surface area is 83.0 Å². The molecular weight excluding hydrogens is 184 g/mol. The molecule has 1 nitrogen and oxygen atoms in total. The SMILES string of the molecule is CCc1ccc(C(Cl)=CC=O)cc1. The van der Waals surface area contributed by atoms with E-state index < -0.39 is 0 Å². The van der Waals surface area contributed by atoms with Gasteiger partial charge in [-0.05, 0) is 23.6 Å². The molecule has 0 amide bonds. The van der Waals surface area contributed by atoms with Crippen molar-refractivity contribution >= 4 is 22.9 Å². The fraction of sp³-hybridized carbons (Fsp3) is 0.182. The third kappa shape index (κ3) is 2.71. The molecule has 0 saturated carbocycles. The van der Waals surface area contributed by atoms with E-state index in [1.807, 2.05) is 24.3 Å². The van der Waals surface area contributed by atoms with Crippen LogP contribution in [0.25, 0.3) is 5.03 Å². The van der Waals surface area contributed by atoms with Gasteiger partial charge in [0.1, 0.15) is 6.29 Å². The predicted molar refractivity (Wildman–Crippen MR) is 55.7 cm³/mol. The Kier molecular flexibility index (Phi) is 3.71. The number of allylic oxidation sites excluding steroid dienone is 1. The first-order chi connectivity index (χ1) is 6.27. The zero-order valence-electron chi connectivity index (χ0n) is 7.46. The molecule has 13 heavy (non-hydrogen) atoms. The topological polar surface area (TPSA) is 17.1 Å². The summed E-state index contributed by atoms with van der Waals surface area (Å²) in [5.74, 6) is 0. The van der Waals surface area contributed by atoms with Crippen LogP contribution in [0.4, 0.5) is 0 Å². The smallest absolute Gasteiger partial charge is 0.144 e. The van der Waals surface area contributed by atoms with Gasteiger partial charge in [0.2, 0.25) is 0 Å². The summed E-state index contributed by atoms with van der Waals surface area (Å²) < 4.78 is 0. The molecule has 0 aromatic heterocycles. The van der Waals surface area contributed by atoms with Gasteiger partial charge >= 0.3 is 0 Å². The highest BCUT2D eigenvalue weighted by Crippen LogP contribution is 2.18. The third-order valence-electron chi connectivity index (χ3n) is 1.85. The zero-order chi connectivity index (χ0) is 9.68. The highest BCUT2D eigenvalue weighted by molar-refractivity contribution is 6.49. The molecule has 0 heterocycles. The number of carbonyl (C=O) groups excluding carboxylic acids is 1. The Morgan fingerprint density at radius 2 is 2.00 bits per heavy atom. The minimum atomic E-state index is 0.484. The number of rotatable bonds is 3. The van der Waals surface area contributed by atoms with Gasteiger partial charge in [0.15, 0.2) is 0 Å². The minimum Gasteiger partial charge on any atom is -0.299 e. The highest BCUT2D eigenvalue weighted by atomic mass is 35.5. The Morgan fingerprint density at radius 1 is 1.38 bits per heavy atom. The lowest BCUT2D eigenvalue weighted by molar-refractivity contribution is -0.104. The number of hydrogen-bond donors (Lipinski definition) is 0. The van der Waals surface area contributed by atoms with Gasteiger partial charge in [-0.25, -0.2) is 0 Å². The van der Waals surface area contributed by atoms with E-state index in [9.17, 15) is 4.79 Å². The van der Waals surface area contributed by atoms with Crippen LogP contribution in [0, 0.1) is 0 Å². The van der Waals surface area contributed by atoms with E-state index in [0.29, 0.717) is 11.3 Å². The van der Waals surface area contributed by atoms with Crippen molar-refractivity contribution in [3.05, 3.63) is 41.5 Å². The second-order valence-corrected chi connectivity index (χ2v) is 3.11. The van der Waals surface area contributed by atoms with Gasteiger partial charge in [0.05, 0.1) is 5.03 Å². The molecule has 1 aromatic rings. The molecule has 0 atom stereocenters. The summed E-state index contributed by atoms with van der Waals surface area (Å²) in [4.78, 5) is 10.2. The fourth-order valence-corrected chi connectivity index (χ4v) is 1.23. The molecule has 68 valence electrons. The lowest BCUT2D eigenvalue weighted by Gasteiger charge is -1.99. The number of carbonyl (C=O) groups is 1. The van der Waals surface area contributed by atoms with Crippen molar-refractivity contribution in [1.82, 2.24) is 0 Å². The molecule has 0 spiro atoms. The molecule has 0 aliphatic rings. The fourth-order valence-electron chi connectivity index (χ4n) is 1.06. The largest absolute Gasteiger partial charge is 0.299 e. The number of benzene rings is 1. The minimum absolute atomic E-state index is 0.484. The van der Waals surface area contributed by atoms with Crippen LogP contribution < -0.4 is 0 Å². The van der Waals surface area contributed by atoms with Gasteiger partial charge in [0.25, 0.3) is 0 Å². The highest BCUT2D eigenvalue weighted by Gasteiger charge is 1.96. The van der Waals surface area contributed by atoms with Crippen LogP contribution in [0.15, 0.2) is 30.3 Å². The molecule has 0 radical (unpaired) electrons. The first-order valence-electron chi connectivity index (χ1n) is 4.18. The van der Waals surface area contributed by atoms with Crippen LogP contribution in [0.5, 0.6) is 0 Å². The van der Waals surface area contributed by atoms with E-state index in [2.05, 4.69) is 6.92 Å². The van der Waals surface area contributed by atoms with E-state index in [0.717, 1.165) is 12.0 Å². The van der Waals surface area contributed by atoms with Crippen LogP contribution in [0.2, 0.25) is 0 Å². The maximum Gasteiger partial charge on any atom is 0.144 e. The van der Waals surface area contributed by atoms with Crippen LogP contribution in [-0.4, -0.2) is 6.29 Å². The summed E-state index contributed by atoms with van der Waals surface area (Å²) >= 11 is 5.83. The van der Waals surface area contributed by atoms with Crippen LogP contribution >= 0.6 is 11.6 Å². The molecule has 0 aliphatic heterocycles. The Balaban J connectivity index is 2.91. The molecule has 0 saturated heterocycles. The standard InChI is InChI=1S/C11H11ClO/c1-2-9-3-5-10(6-4-9)11(12)7-8-13/h3-8H,2H2,1H3. The van der Waals surface area contributed by atoms with Crippen molar-refractivity contribution in [2.24, 2.45) is 0 Å². The molecule has 0 N–H and O–H groups in total.